The molecule has 1 aromatic carbocycles. The molecule has 0 aliphatic heterocycles. The van der Waals surface area contributed by atoms with Crippen molar-refractivity contribution >= 4 is 5.91 Å². The second-order valence-corrected chi connectivity index (χ2v) is 4.94. The molecule has 2 N–H and O–H groups in total. The quantitative estimate of drug-likeness (QED) is 0.880. The maximum absolute atomic E-state index is 12.0. The lowest BCUT2D eigenvalue weighted by Gasteiger charge is -2.11. The molecule has 1 atom stereocenters. The minimum Gasteiger partial charge on any atom is -0.472 e. The van der Waals surface area contributed by atoms with Crippen molar-refractivity contribution in [2.75, 3.05) is 6.54 Å². The SMILES string of the molecule is Cc1ccc(C(=O)NCCC(O)c2ccoc2)c(C)c1. The fraction of sp³-hybridized carbons (Fsp3) is 0.312. The minimum atomic E-state index is -0.617. The van der Waals surface area contributed by atoms with Gasteiger partial charge in [0.2, 0.25) is 0 Å². The van der Waals surface area contributed by atoms with Crippen molar-refractivity contribution in [1.82, 2.24) is 5.32 Å². The topological polar surface area (TPSA) is 62.5 Å². The number of aliphatic hydroxyl groups is 1. The Balaban J connectivity index is 1.86. The van der Waals surface area contributed by atoms with E-state index in [4.69, 9.17) is 4.42 Å². The normalized spacial score (nSPS) is 12.2. The highest BCUT2D eigenvalue weighted by Gasteiger charge is 2.11. The molecular formula is C16H19NO3. The molecule has 0 aliphatic rings. The van der Waals surface area contributed by atoms with Crippen molar-refractivity contribution in [2.24, 2.45) is 0 Å². The molecule has 4 heteroatoms. The van der Waals surface area contributed by atoms with Crippen LogP contribution in [0.4, 0.5) is 0 Å². The van der Waals surface area contributed by atoms with Gasteiger partial charge in [0.05, 0.1) is 18.6 Å². The molecular weight excluding hydrogens is 254 g/mol. The zero-order valence-corrected chi connectivity index (χ0v) is 11.7. The summed E-state index contributed by atoms with van der Waals surface area (Å²) in [5.41, 5.74) is 3.49. The molecule has 4 nitrogen and oxygen atoms in total. The smallest absolute Gasteiger partial charge is 0.251 e. The summed E-state index contributed by atoms with van der Waals surface area (Å²) in [6, 6.07) is 7.45. The van der Waals surface area contributed by atoms with Gasteiger partial charge in [-0.05, 0) is 38.0 Å². The van der Waals surface area contributed by atoms with Crippen LogP contribution in [0.25, 0.3) is 0 Å². The van der Waals surface area contributed by atoms with Crippen LogP contribution in [0.3, 0.4) is 0 Å². The molecule has 2 rings (SSSR count). The Morgan fingerprint density at radius 3 is 2.80 bits per heavy atom. The van der Waals surface area contributed by atoms with Crippen LogP contribution in [-0.2, 0) is 0 Å². The molecule has 1 unspecified atom stereocenters. The van der Waals surface area contributed by atoms with Gasteiger partial charge in [-0.2, -0.15) is 0 Å². The highest BCUT2D eigenvalue weighted by Crippen LogP contribution is 2.16. The predicted octanol–water partition coefficient (Wildman–Crippen LogP) is 2.75. The largest absolute Gasteiger partial charge is 0.472 e. The van der Waals surface area contributed by atoms with Gasteiger partial charge >= 0.3 is 0 Å². The fourth-order valence-electron chi connectivity index (χ4n) is 2.12. The minimum absolute atomic E-state index is 0.109. The van der Waals surface area contributed by atoms with Gasteiger partial charge in [0.15, 0.2) is 0 Å². The van der Waals surface area contributed by atoms with Crippen LogP contribution in [0, 0.1) is 13.8 Å². The van der Waals surface area contributed by atoms with E-state index in [1.54, 1.807) is 6.07 Å². The number of hydrogen-bond donors (Lipinski definition) is 2. The average Bonchev–Trinajstić information content (AvgIpc) is 2.92. The van der Waals surface area contributed by atoms with Crippen molar-refractivity contribution in [2.45, 2.75) is 26.4 Å². The highest BCUT2D eigenvalue weighted by molar-refractivity contribution is 5.95. The lowest BCUT2D eigenvalue weighted by Crippen LogP contribution is -2.26. The predicted molar refractivity (Wildman–Crippen MR) is 76.5 cm³/mol. The summed E-state index contributed by atoms with van der Waals surface area (Å²) in [6.45, 7) is 4.33. The summed E-state index contributed by atoms with van der Waals surface area (Å²) in [4.78, 5) is 12.0. The average molecular weight is 273 g/mol. The van der Waals surface area contributed by atoms with Crippen LogP contribution >= 0.6 is 0 Å². The summed E-state index contributed by atoms with van der Waals surface area (Å²) >= 11 is 0. The number of furan rings is 1. The number of rotatable bonds is 5. The van der Waals surface area contributed by atoms with Crippen molar-refractivity contribution in [3.8, 4) is 0 Å². The third-order valence-electron chi connectivity index (χ3n) is 3.26. The first kappa shape index (κ1) is 14.3. The third kappa shape index (κ3) is 3.48. The van der Waals surface area contributed by atoms with E-state index in [2.05, 4.69) is 5.32 Å². The van der Waals surface area contributed by atoms with Crippen LogP contribution in [0.15, 0.2) is 41.2 Å². The van der Waals surface area contributed by atoms with E-state index in [1.165, 1.54) is 12.5 Å². The van der Waals surface area contributed by atoms with E-state index in [0.717, 1.165) is 16.7 Å². The molecule has 20 heavy (non-hydrogen) atoms. The van der Waals surface area contributed by atoms with Crippen LogP contribution in [0.5, 0.6) is 0 Å². The van der Waals surface area contributed by atoms with E-state index < -0.39 is 6.10 Å². The van der Waals surface area contributed by atoms with E-state index in [0.29, 0.717) is 18.5 Å². The number of carbonyl (C=O) groups excluding carboxylic acids is 1. The number of aliphatic hydroxyl groups excluding tert-OH is 1. The Hall–Kier alpha value is -2.07. The van der Waals surface area contributed by atoms with Crippen LogP contribution in [0.1, 0.15) is 39.6 Å². The Labute approximate surface area is 118 Å². The van der Waals surface area contributed by atoms with Gasteiger partial charge in [-0.3, -0.25) is 4.79 Å². The molecule has 1 amide bonds. The molecule has 2 aromatic rings. The highest BCUT2D eigenvalue weighted by atomic mass is 16.3. The second kappa shape index (κ2) is 6.39. The second-order valence-electron chi connectivity index (χ2n) is 4.94. The Morgan fingerprint density at radius 2 is 2.15 bits per heavy atom. The Morgan fingerprint density at radius 1 is 1.35 bits per heavy atom. The van der Waals surface area contributed by atoms with Crippen molar-refractivity contribution in [3.63, 3.8) is 0 Å². The number of nitrogens with one attached hydrogen (secondary N) is 1. The zero-order valence-electron chi connectivity index (χ0n) is 11.7. The Kier molecular flexibility index (Phi) is 4.58. The van der Waals surface area contributed by atoms with Gasteiger partial charge in [0.1, 0.15) is 0 Å². The number of hydrogen-bond acceptors (Lipinski definition) is 3. The molecule has 0 spiro atoms. The first-order valence-electron chi connectivity index (χ1n) is 6.63. The van der Waals surface area contributed by atoms with Gasteiger partial charge in [-0.1, -0.05) is 17.7 Å². The zero-order chi connectivity index (χ0) is 14.5. The lowest BCUT2D eigenvalue weighted by molar-refractivity contribution is 0.0942. The van der Waals surface area contributed by atoms with Crippen molar-refractivity contribution in [3.05, 3.63) is 59.0 Å². The van der Waals surface area contributed by atoms with Crippen LogP contribution in [-0.4, -0.2) is 17.6 Å². The molecule has 0 radical (unpaired) electrons. The summed E-state index contributed by atoms with van der Waals surface area (Å²) in [5.74, 6) is -0.109. The van der Waals surface area contributed by atoms with Gasteiger partial charge < -0.3 is 14.8 Å². The standard InChI is InChI=1S/C16H19NO3/c1-11-3-4-14(12(2)9-11)16(19)17-7-5-15(18)13-6-8-20-10-13/h3-4,6,8-10,15,18H,5,7H2,1-2H3,(H,17,19). The van der Waals surface area contributed by atoms with E-state index >= 15 is 0 Å². The summed E-state index contributed by atoms with van der Waals surface area (Å²) in [6.07, 6.45) is 2.87. The lowest BCUT2D eigenvalue weighted by atomic mass is 10.1. The summed E-state index contributed by atoms with van der Waals surface area (Å²) in [5, 5.41) is 12.7. The number of benzene rings is 1. The molecule has 106 valence electrons. The Bertz CT molecular complexity index is 575. The van der Waals surface area contributed by atoms with Gasteiger partial charge in [0, 0.05) is 17.7 Å². The number of amides is 1. The maximum atomic E-state index is 12.0. The number of carbonyl (C=O) groups is 1. The molecule has 1 heterocycles. The first-order valence-corrected chi connectivity index (χ1v) is 6.63. The first-order chi connectivity index (χ1) is 9.58. The summed E-state index contributed by atoms with van der Waals surface area (Å²) < 4.78 is 4.91. The monoisotopic (exact) mass is 273 g/mol. The molecule has 0 fully saturated rings. The van der Waals surface area contributed by atoms with Gasteiger partial charge in [-0.15, -0.1) is 0 Å². The molecule has 0 bridgehead atoms. The van der Waals surface area contributed by atoms with Crippen LogP contribution < -0.4 is 5.32 Å². The summed E-state index contributed by atoms with van der Waals surface area (Å²) in [7, 11) is 0. The van der Waals surface area contributed by atoms with Gasteiger partial charge in [-0.25, -0.2) is 0 Å². The molecule has 1 aromatic heterocycles. The third-order valence-corrected chi connectivity index (χ3v) is 3.26. The van der Waals surface area contributed by atoms with E-state index in [-0.39, 0.29) is 5.91 Å². The van der Waals surface area contributed by atoms with E-state index in [9.17, 15) is 9.90 Å². The number of aryl methyl sites for hydroxylation is 2. The molecule has 0 aliphatic carbocycles. The van der Waals surface area contributed by atoms with Crippen molar-refractivity contribution in [1.29, 1.82) is 0 Å². The molecule has 0 saturated carbocycles. The van der Waals surface area contributed by atoms with Crippen molar-refractivity contribution < 1.29 is 14.3 Å². The van der Waals surface area contributed by atoms with E-state index in [1.807, 2.05) is 32.0 Å². The van der Waals surface area contributed by atoms with Crippen LogP contribution in [0.2, 0.25) is 0 Å². The fourth-order valence-corrected chi connectivity index (χ4v) is 2.12. The molecule has 0 saturated heterocycles. The van der Waals surface area contributed by atoms with Gasteiger partial charge in [0.25, 0.3) is 5.91 Å². The maximum Gasteiger partial charge on any atom is 0.251 e.